The third kappa shape index (κ3) is 2.10. The summed E-state index contributed by atoms with van der Waals surface area (Å²) in [6, 6.07) is 2.02. The molecule has 16 heavy (non-hydrogen) atoms. The Hall–Kier alpha value is -1.33. The fourth-order valence-electron chi connectivity index (χ4n) is 1.89. The second-order valence-corrected chi connectivity index (χ2v) is 4.13. The van der Waals surface area contributed by atoms with Crippen molar-refractivity contribution in [1.29, 1.82) is 0 Å². The highest BCUT2D eigenvalue weighted by molar-refractivity contribution is 5.90. The number of likely N-dealkylation sites (tertiary alicyclic amines) is 1. The number of rotatable bonds is 3. The third-order valence-electron chi connectivity index (χ3n) is 2.74. The van der Waals surface area contributed by atoms with Crippen molar-refractivity contribution < 1.29 is 13.9 Å². The first-order valence-electron chi connectivity index (χ1n) is 5.25. The van der Waals surface area contributed by atoms with Crippen LogP contribution < -0.4 is 5.73 Å². The van der Waals surface area contributed by atoms with Gasteiger partial charge in [0.25, 0.3) is 0 Å². The summed E-state index contributed by atoms with van der Waals surface area (Å²) >= 11 is 0. The normalized spacial score (nSPS) is 17.2. The lowest BCUT2D eigenvalue weighted by Gasteiger charge is -2.35. The predicted octanol–water partition coefficient (Wildman–Crippen LogP) is 0.518. The lowest BCUT2D eigenvalue weighted by molar-refractivity contribution is 0.0599. The van der Waals surface area contributed by atoms with E-state index in [1.165, 1.54) is 7.11 Å². The highest BCUT2D eigenvalue weighted by Crippen LogP contribution is 2.19. The van der Waals surface area contributed by atoms with Crippen molar-refractivity contribution in [1.82, 2.24) is 4.90 Å². The second-order valence-electron chi connectivity index (χ2n) is 4.13. The number of nitrogens with two attached hydrogens (primary N) is 1. The molecule has 0 bridgehead atoms. The van der Waals surface area contributed by atoms with Gasteiger partial charge in [-0.3, -0.25) is 4.90 Å². The van der Waals surface area contributed by atoms with Crippen molar-refractivity contribution in [2.45, 2.75) is 19.5 Å². The largest absolute Gasteiger partial charge is 0.465 e. The lowest BCUT2D eigenvalue weighted by atomic mass is 10.1. The van der Waals surface area contributed by atoms with Gasteiger partial charge in [-0.25, -0.2) is 4.79 Å². The summed E-state index contributed by atoms with van der Waals surface area (Å²) in [7, 11) is 1.36. The molecule has 0 aromatic carbocycles. The molecule has 2 N–H and O–H groups in total. The summed E-state index contributed by atoms with van der Waals surface area (Å²) in [6.45, 7) is 4.23. The van der Waals surface area contributed by atoms with Crippen LogP contribution in [-0.4, -0.2) is 37.1 Å². The van der Waals surface area contributed by atoms with E-state index in [0.29, 0.717) is 17.9 Å². The van der Waals surface area contributed by atoms with E-state index in [1.807, 2.05) is 0 Å². The van der Waals surface area contributed by atoms with Crippen LogP contribution in [0.2, 0.25) is 0 Å². The Kier molecular flexibility index (Phi) is 2.98. The van der Waals surface area contributed by atoms with E-state index in [2.05, 4.69) is 9.64 Å². The van der Waals surface area contributed by atoms with Crippen molar-refractivity contribution in [2.24, 2.45) is 5.73 Å². The van der Waals surface area contributed by atoms with Gasteiger partial charge in [-0.05, 0) is 13.0 Å². The minimum absolute atomic E-state index is 0.274. The molecule has 0 atom stereocenters. The number of carbonyl (C=O) groups excluding carboxylic acids is 1. The average molecular weight is 224 g/mol. The number of carbonyl (C=O) groups is 1. The fourth-order valence-corrected chi connectivity index (χ4v) is 1.89. The van der Waals surface area contributed by atoms with Crippen LogP contribution in [0, 0.1) is 6.92 Å². The molecule has 0 radical (unpaired) electrons. The Labute approximate surface area is 94.1 Å². The Morgan fingerprint density at radius 2 is 2.38 bits per heavy atom. The van der Waals surface area contributed by atoms with Gasteiger partial charge in [-0.1, -0.05) is 0 Å². The summed E-state index contributed by atoms with van der Waals surface area (Å²) in [6.07, 6.45) is 0. The van der Waals surface area contributed by atoms with E-state index >= 15 is 0 Å². The zero-order chi connectivity index (χ0) is 11.7. The molecule has 1 fully saturated rings. The SMILES string of the molecule is COC(=O)c1cc(CN2CC(N)C2)oc1C. The molecule has 0 amide bonds. The molecule has 5 nitrogen and oxygen atoms in total. The quantitative estimate of drug-likeness (QED) is 0.758. The fraction of sp³-hybridized carbons (Fsp3) is 0.545. The molecule has 2 rings (SSSR count). The van der Waals surface area contributed by atoms with Crippen LogP contribution >= 0.6 is 0 Å². The minimum atomic E-state index is -0.354. The molecule has 1 aliphatic rings. The molecule has 0 saturated carbocycles. The Balaban J connectivity index is 2.03. The smallest absolute Gasteiger partial charge is 0.341 e. The van der Waals surface area contributed by atoms with E-state index in [0.717, 1.165) is 18.8 Å². The monoisotopic (exact) mass is 224 g/mol. The van der Waals surface area contributed by atoms with Crippen molar-refractivity contribution in [3.8, 4) is 0 Å². The van der Waals surface area contributed by atoms with Crippen molar-refractivity contribution in [2.75, 3.05) is 20.2 Å². The molecule has 0 spiro atoms. The zero-order valence-corrected chi connectivity index (χ0v) is 9.53. The van der Waals surface area contributed by atoms with E-state index in [4.69, 9.17) is 10.2 Å². The minimum Gasteiger partial charge on any atom is -0.465 e. The van der Waals surface area contributed by atoms with E-state index in [9.17, 15) is 4.79 Å². The molecule has 88 valence electrons. The first kappa shape index (κ1) is 11.2. The van der Waals surface area contributed by atoms with Crippen molar-refractivity contribution in [3.05, 3.63) is 23.2 Å². The van der Waals surface area contributed by atoms with Gasteiger partial charge in [0, 0.05) is 19.1 Å². The van der Waals surface area contributed by atoms with E-state index in [1.54, 1.807) is 13.0 Å². The number of hydrogen-bond acceptors (Lipinski definition) is 5. The first-order chi connectivity index (χ1) is 7.60. The summed E-state index contributed by atoms with van der Waals surface area (Å²) < 4.78 is 10.2. The zero-order valence-electron chi connectivity index (χ0n) is 9.53. The summed E-state index contributed by atoms with van der Waals surface area (Å²) in [4.78, 5) is 13.5. The molecule has 2 heterocycles. The number of nitrogens with zero attached hydrogens (tertiary/aromatic N) is 1. The summed E-state index contributed by atoms with van der Waals surface area (Å²) in [5.41, 5.74) is 6.18. The van der Waals surface area contributed by atoms with Gasteiger partial charge in [-0.15, -0.1) is 0 Å². The molecule has 1 saturated heterocycles. The number of aryl methyl sites for hydroxylation is 1. The van der Waals surface area contributed by atoms with Crippen LogP contribution in [0.4, 0.5) is 0 Å². The number of ether oxygens (including phenoxy) is 1. The maximum atomic E-state index is 11.4. The highest BCUT2D eigenvalue weighted by atomic mass is 16.5. The number of methoxy groups -OCH3 is 1. The van der Waals surface area contributed by atoms with Crippen LogP contribution in [0.25, 0.3) is 0 Å². The number of esters is 1. The van der Waals surface area contributed by atoms with Crippen LogP contribution in [0.15, 0.2) is 10.5 Å². The summed E-state index contributed by atoms with van der Waals surface area (Å²) in [5.74, 6) is 1.03. The van der Waals surface area contributed by atoms with Gasteiger partial charge in [-0.2, -0.15) is 0 Å². The van der Waals surface area contributed by atoms with E-state index in [-0.39, 0.29) is 12.0 Å². The highest BCUT2D eigenvalue weighted by Gasteiger charge is 2.25. The van der Waals surface area contributed by atoms with Gasteiger partial charge < -0.3 is 14.9 Å². The first-order valence-corrected chi connectivity index (χ1v) is 5.25. The topological polar surface area (TPSA) is 68.7 Å². The van der Waals surface area contributed by atoms with E-state index < -0.39 is 0 Å². The molecule has 5 heteroatoms. The van der Waals surface area contributed by atoms with Crippen LogP contribution in [-0.2, 0) is 11.3 Å². The Morgan fingerprint density at radius 3 is 2.94 bits per heavy atom. The second kappa shape index (κ2) is 4.27. The standard InChI is InChI=1S/C11H16N2O3/c1-7-10(11(14)15-2)3-9(16-7)6-13-4-8(12)5-13/h3,8H,4-6,12H2,1-2H3. The molecule has 0 unspecified atom stereocenters. The van der Waals surface area contributed by atoms with Gasteiger partial charge >= 0.3 is 5.97 Å². The Morgan fingerprint density at radius 1 is 1.69 bits per heavy atom. The van der Waals surface area contributed by atoms with Gasteiger partial charge in [0.2, 0.25) is 0 Å². The van der Waals surface area contributed by atoms with Gasteiger partial charge in [0.05, 0.1) is 13.7 Å². The van der Waals surface area contributed by atoms with Crippen molar-refractivity contribution in [3.63, 3.8) is 0 Å². The van der Waals surface area contributed by atoms with Gasteiger partial charge in [0.1, 0.15) is 17.1 Å². The van der Waals surface area contributed by atoms with Crippen LogP contribution in [0.5, 0.6) is 0 Å². The molecule has 1 aliphatic heterocycles. The Bertz CT molecular complexity index is 394. The van der Waals surface area contributed by atoms with Crippen LogP contribution in [0.1, 0.15) is 21.9 Å². The summed E-state index contributed by atoms with van der Waals surface area (Å²) in [5, 5.41) is 0. The van der Waals surface area contributed by atoms with Crippen LogP contribution in [0.3, 0.4) is 0 Å². The maximum Gasteiger partial charge on any atom is 0.341 e. The maximum absolute atomic E-state index is 11.4. The molecular weight excluding hydrogens is 208 g/mol. The average Bonchev–Trinajstić information content (AvgIpc) is 2.56. The number of furan rings is 1. The molecule has 0 aliphatic carbocycles. The number of hydrogen-bond donors (Lipinski definition) is 1. The van der Waals surface area contributed by atoms with Crippen molar-refractivity contribution >= 4 is 5.97 Å². The molecule has 1 aromatic heterocycles. The molecular formula is C11H16N2O3. The third-order valence-corrected chi connectivity index (χ3v) is 2.74. The van der Waals surface area contributed by atoms with Gasteiger partial charge in [0.15, 0.2) is 0 Å². The lowest BCUT2D eigenvalue weighted by Crippen LogP contribution is -2.54. The molecule has 1 aromatic rings. The predicted molar refractivity (Wildman–Crippen MR) is 58.0 cm³/mol.